The first kappa shape index (κ1) is 24.0. The summed E-state index contributed by atoms with van der Waals surface area (Å²) in [6, 6.07) is 4.66. The Morgan fingerprint density at radius 2 is 1.69 bits per heavy atom. The van der Waals surface area contributed by atoms with Gasteiger partial charge < -0.3 is 9.64 Å². The van der Waals surface area contributed by atoms with Gasteiger partial charge in [-0.25, -0.2) is 8.42 Å². The van der Waals surface area contributed by atoms with Crippen molar-refractivity contribution in [1.29, 1.82) is 0 Å². The minimum atomic E-state index is -3.69. The highest BCUT2D eigenvalue weighted by molar-refractivity contribution is 7.89. The Bertz CT molecular complexity index is 891. The average molecular weight is 484 g/mol. The molecule has 4 rings (SSSR count). The van der Waals surface area contributed by atoms with Crippen molar-refractivity contribution in [3.05, 3.63) is 28.8 Å². The number of likely N-dealkylation sites (tertiary alicyclic amines) is 1. The second-order valence-electron chi connectivity index (χ2n) is 9.09. The van der Waals surface area contributed by atoms with Crippen LogP contribution in [0, 0.1) is 5.92 Å². The lowest BCUT2D eigenvalue weighted by Crippen LogP contribution is -2.41. The van der Waals surface area contributed by atoms with Crippen LogP contribution in [0.15, 0.2) is 23.1 Å². The summed E-state index contributed by atoms with van der Waals surface area (Å²) in [5.74, 6) is 0.519. The number of rotatable bonds is 6. The fraction of sp³-hybridized carbons (Fsp3) is 0.696. The van der Waals surface area contributed by atoms with Crippen molar-refractivity contribution >= 4 is 27.5 Å². The van der Waals surface area contributed by atoms with E-state index in [1.54, 1.807) is 12.1 Å². The van der Waals surface area contributed by atoms with Crippen molar-refractivity contribution in [2.24, 2.45) is 5.92 Å². The van der Waals surface area contributed by atoms with E-state index in [4.69, 9.17) is 16.3 Å². The van der Waals surface area contributed by atoms with Crippen molar-refractivity contribution in [3.8, 4) is 0 Å². The number of ether oxygens (including phenoxy) is 1. The molecule has 1 aromatic carbocycles. The van der Waals surface area contributed by atoms with Crippen LogP contribution in [0.1, 0.15) is 48.9 Å². The molecular formula is C23H34ClN3O4S. The standard InChI is InChI=1S/C23H34ClN3O4S/c24-21-5-4-20(18-22(21)32(29,30)27-9-2-1-3-10-27)23(28)26-12-7-19(8-13-26)6-11-25-14-16-31-17-15-25/h4-5,18-19H,1-3,6-17H2. The molecule has 0 atom stereocenters. The van der Waals surface area contributed by atoms with Gasteiger partial charge in [0.1, 0.15) is 4.90 Å². The summed E-state index contributed by atoms with van der Waals surface area (Å²) in [7, 11) is -3.69. The third-order valence-corrected chi connectivity index (χ3v) is 9.35. The molecule has 32 heavy (non-hydrogen) atoms. The Morgan fingerprint density at radius 3 is 2.38 bits per heavy atom. The molecule has 0 aliphatic carbocycles. The number of carbonyl (C=O) groups is 1. The van der Waals surface area contributed by atoms with Crippen LogP contribution in [0.4, 0.5) is 0 Å². The molecule has 0 spiro atoms. The summed E-state index contributed by atoms with van der Waals surface area (Å²) in [5.41, 5.74) is 0.400. The summed E-state index contributed by atoms with van der Waals surface area (Å²) in [6.07, 6.45) is 5.89. The van der Waals surface area contributed by atoms with Crippen LogP contribution in [-0.2, 0) is 14.8 Å². The van der Waals surface area contributed by atoms with Gasteiger partial charge in [-0.15, -0.1) is 0 Å². The Hall–Kier alpha value is -1.19. The van der Waals surface area contributed by atoms with Gasteiger partial charge in [0, 0.05) is 44.8 Å². The molecular weight excluding hydrogens is 450 g/mol. The minimum Gasteiger partial charge on any atom is -0.379 e. The Kier molecular flexibility index (Phi) is 8.10. The number of sulfonamides is 1. The first-order chi connectivity index (χ1) is 15.4. The van der Waals surface area contributed by atoms with Gasteiger partial charge in [0.05, 0.1) is 18.2 Å². The smallest absolute Gasteiger partial charge is 0.253 e. The van der Waals surface area contributed by atoms with Gasteiger partial charge >= 0.3 is 0 Å². The van der Waals surface area contributed by atoms with Crippen LogP contribution in [-0.4, -0.2) is 87.5 Å². The van der Waals surface area contributed by atoms with E-state index in [-0.39, 0.29) is 15.8 Å². The zero-order valence-corrected chi connectivity index (χ0v) is 20.2. The molecule has 3 saturated heterocycles. The maximum atomic E-state index is 13.1. The van der Waals surface area contributed by atoms with E-state index in [1.165, 1.54) is 10.4 Å². The number of benzene rings is 1. The van der Waals surface area contributed by atoms with E-state index in [2.05, 4.69) is 4.90 Å². The van der Waals surface area contributed by atoms with Crippen LogP contribution in [0.3, 0.4) is 0 Å². The maximum absolute atomic E-state index is 13.1. The highest BCUT2D eigenvalue weighted by atomic mass is 35.5. The lowest BCUT2D eigenvalue weighted by atomic mass is 9.93. The fourth-order valence-electron chi connectivity index (χ4n) is 4.88. The highest BCUT2D eigenvalue weighted by Gasteiger charge is 2.30. The van der Waals surface area contributed by atoms with E-state index in [9.17, 15) is 13.2 Å². The van der Waals surface area contributed by atoms with Gasteiger partial charge in [-0.1, -0.05) is 18.0 Å². The van der Waals surface area contributed by atoms with Gasteiger partial charge in [0.2, 0.25) is 10.0 Å². The zero-order chi connectivity index (χ0) is 22.6. The van der Waals surface area contributed by atoms with Gasteiger partial charge in [0.15, 0.2) is 0 Å². The maximum Gasteiger partial charge on any atom is 0.253 e. The van der Waals surface area contributed by atoms with Crippen molar-refractivity contribution in [2.45, 2.75) is 43.4 Å². The molecule has 0 aromatic heterocycles. The van der Waals surface area contributed by atoms with E-state index in [1.807, 2.05) is 4.90 Å². The first-order valence-corrected chi connectivity index (χ1v) is 13.7. The highest BCUT2D eigenvalue weighted by Crippen LogP contribution is 2.29. The number of hydrogen-bond donors (Lipinski definition) is 0. The largest absolute Gasteiger partial charge is 0.379 e. The lowest BCUT2D eigenvalue weighted by Gasteiger charge is -2.34. The molecule has 1 amide bonds. The molecule has 0 radical (unpaired) electrons. The summed E-state index contributed by atoms with van der Waals surface area (Å²) in [6.45, 7) is 7.20. The number of nitrogens with zero attached hydrogens (tertiary/aromatic N) is 3. The van der Waals surface area contributed by atoms with Gasteiger partial charge in [0.25, 0.3) is 5.91 Å². The molecule has 0 bridgehead atoms. The van der Waals surface area contributed by atoms with Crippen molar-refractivity contribution < 1.29 is 17.9 Å². The van der Waals surface area contributed by atoms with Gasteiger partial charge in [-0.3, -0.25) is 9.69 Å². The summed E-state index contributed by atoms with van der Waals surface area (Å²) >= 11 is 6.27. The third-order valence-electron chi connectivity index (χ3n) is 6.97. The predicted molar refractivity (Wildman–Crippen MR) is 125 cm³/mol. The zero-order valence-electron chi connectivity index (χ0n) is 18.7. The molecule has 0 saturated carbocycles. The fourth-order valence-corrected chi connectivity index (χ4v) is 6.89. The lowest BCUT2D eigenvalue weighted by molar-refractivity contribution is 0.0332. The van der Waals surface area contributed by atoms with Crippen molar-refractivity contribution in [3.63, 3.8) is 0 Å². The number of hydrogen-bond acceptors (Lipinski definition) is 5. The van der Waals surface area contributed by atoms with Crippen molar-refractivity contribution in [2.75, 3.05) is 59.0 Å². The molecule has 7 nitrogen and oxygen atoms in total. The van der Waals surface area contributed by atoms with Crippen LogP contribution in [0.25, 0.3) is 0 Å². The number of morpholine rings is 1. The molecule has 0 N–H and O–H groups in total. The number of amides is 1. The molecule has 3 aliphatic heterocycles. The first-order valence-electron chi connectivity index (χ1n) is 11.8. The average Bonchev–Trinajstić information content (AvgIpc) is 2.84. The van der Waals surface area contributed by atoms with Crippen molar-refractivity contribution in [1.82, 2.24) is 14.1 Å². The molecule has 178 valence electrons. The SMILES string of the molecule is O=C(c1ccc(Cl)c(S(=O)(=O)N2CCCCC2)c1)N1CCC(CCN2CCOCC2)CC1. The second-order valence-corrected chi connectivity index (χ2v) is 11.4. The third kappa shape index (κ3) is 5.65. The van der Waals surface area contributed by atoms with Crippen LogP contribution >= 0.6 is 11.6 Å². The number of carbonyl (C=O) groups excluding carboxylic acids is 1. The molecule has 3 aliphatic rings. The van der Waals surface area contributed by atoms with E-state index >= 15 is 0 Å². The predicted octanol–water partition coefficient (Wildman–Crippen LogP) is 3.09. The van der Waals surface area contributed by atoms with E-state index in [0.717, 1.165) is 71.4 Å². The number of halogens is 1. The van der Waals surface area contributed by atoms with Crippen LogP contribution in [0.5, 0.6) is 0 Å². The molecule has 3 heterocycles. The van der Waals surface area contributed by atoms with E-state index < -0.39 is 10.0 Å². The Morgan fingerprint density at radius 1 is 1.00 bits per heavy atom. The summed E-state index contributed by atoms with van der Waals surface area (Å²) in [4.78, 5) is 17.5. The second kappa shape index (κ2) is 10.8. The molecule has 3 fully saturated rings. The Balaban J connectivity index is 1.36. The normalized spacial score (nSPS) is 22.2. The molecule has 1 aromatic rings. The minimum absolute atomic E-state index is 0.0484. The summed E-state index contributed by atoms with van der Waals surface area (Å²) < 4.78 is 33.1. The Labute approximate surface area is 196 Å². The summed E-state index contributed by atoms with van der Waals surface area (Å²) in [5, 5.41) is 0.175. The topological polar surface area (TPSA) is 70.2 Å². The van der Waals surface area contributed by atoms with Gasteiger partial charge in [-0.05, 0) is 62.8 Å². The monoisotopic (exact) mass is 483 g/mol. The van der Waals surface area contributed by atoms with Crippen LogP contribution < -0.4 is 0 Å². The van der Waals surface area contributed by atoms with Crippen LogP contribution in [0.2, 0.25) is 5.02 Å². The molecule has 0 unspecified atom stereocenters. The van der Waals surface area contributed by atoms with E-state index in [0.29, 0.717) is 37.7 Å². The molecule has 9 heteroatoms. The van der Waals surface area contributed by atoms with Gasteiger partial charge in [-0.2, -0.15) is 4.31 Å². The quantitative estimate of drug-likeness (QED) is 0.621. The number of piperidine rings is 2.